The van der Waals surface area contributed by atoms with Crippen LogP contribution in [0.1, 0.15) is 23.6 Å². The van der Waals surface area contributed by atoms with E-state index in [-0.39, 0.29) is 0 Å². The zero-order valence-corrected chi connectivity index (χ0v) is 14.1. The highest BCUT2D eigenvalue weighted by molar-refractivity contribution is 7.89. The van der Waals surface area contributed by atoms with Gasteiger partial charge in [0.15, 0.2) is 0 Å². The maximum Gasteiger partial charge on any atom is 0.243 e. The fourth-order valence-electron chi connectivity index (χ4n) is 2.84. The van der Waals surface area contributed by atoms with E-state index in [1.807, 2.05) is 31.2 Å². The lowest BCUT2D eigenvalue weighted by Crippen LogP contribution is -2.35. The summed E-state index contributed by atoms with van der Waals surface area (Å²) < 4.78 is 32.8. The minimum atomic E-state index is -3.47. The lowest BCUT2D eigenvalue weighted by atomic mass is 10.0. The lowest BCUT2D eigenvalue weighted by Gasteiger charge is -2.28. The van der Waals surface area contributed by atoms with Crippen molar-refractivity contribution in [1.29, 1.82) is 0 Å². The molecule has 2 aromatic rings. The zero-order chi connectivity index (χ0) is 16.3. The minimum Gasteiger partial charge on any atom is -0.377 e. The molecule has 122 valence electrons. The van der Waals surface area contributed by atoms with E-state index in [4.69, 9.17) is 4.74 Å². The van der Waals surface area contributed by atoms with Gasteiger partial charge in [0.1, 0.15) is 0 Å². The Kier molecular flexibility index (Phi) is 4.80. The summed E-state index contributed by atoms with van der Waals surface area (Å²) in [6.07, 6.45) is 0.758. The smallest absolute Gasteiger partial charge is 0.243 e. The third-order valence-electron chi connectivity index (χ3n) is 4.10. The fraction of sp³-hybridized carbons (Fsp3) is 0.333. The van der Waals surface area contributed by atoms with Gasteiger partial charge in [0.05, 0.1) is 11.5 Å². The first-order valence-electron chi connectivity index (χ1n) is 7.85. The number of benzene rings is 2. The summed E-state index contributed by atoms with van der Waals surface area (Å²) in [4.78, 5) is 0.342. The summed E-state index contributed by atoms with van der Waals surface area (Å²) in [5.41, 5.74) is 3.21. The topological polar surface area (TPSA) is 46.6 Å². The summed E-state index contributed by atoms with van der Waals surface area (Å²) in [5, 5.41) is 0. The van der Waals surface area contributed by atoms with Crippen molar-refractivity contribution in [2.24, 2.45) is 0 Å². The van der Waals surface area contributed by atoms with Crippen molar-refractivity contribution >= 4 is 10.0 Å². The van der Waals surface area contributed by atoms with Crippen LogP contribution < -0.4 is 0 Å². The Morgan fingerprint density at radius 2 is 1.87 bits per heavy atom. The van der Waals surface area contributed by atoms with Gasteiger partial charge in [-0.15, -0.1) is 0 Å². The molecular weight excluding hydrogens is 310 g/mol. The molecule has 0 amide bonds. The average Bonchev–Trinajstić information content (AvgIpc) is 2.59. The van der Waals surface area contributed by atoms with E-state index in [0.717, 1.165) is 17.5 Å². The van der Waals surface area contributed by atoms with Crippen LogP contribution >= 0.6 is 0 Å². The van der Waals surface area contributed by atoms with E-state index in [1.165, 1.54) is 5.56 Å². The molecule has 0 aromatic heterocycles. The molecule has 0 spiro atoms. The summed E-state index contributed by atoms with van der Waals surface area (Å²) in [7, 11) is -3.47. The second kappa shape index (κ2) is 6.83. The van der Waals surface area contributed by atoms with Crippen molar-refractivity contribution in [3.05, 3.63) is 65.2 Å². The Balaban J connectivity index is 1.85. The summed E-state index contributed by atoms with van der Waals surface area (Å²) in [6, 6.07) is 15.1. The molecular formula is C18H21NO3S. The second-order valence-electron chi connectivity index (χ2n) is 5.64. The molecule has 1 heterocycles. The fourth-order valence-corrected chi connectivity index (χ4v) is 4.33. The van der Waals surface area contributed by atoms with E-state index >= 15 is 0 Å². The van der Waals surface area contributed by atoms with Crippen molar-refractivity contribution in [3.8, 4) is 0 Å². The van der Waals surface area contributed by atoms with E-state index in [1.54, 1.807) is 22.5 Å². The average molecular weight is 331 g/mol. The quantitative estimate of drug-likeness (QED) is 0.846. The van der Waals surface area contributed by atoms with Crippen molar-refractivity contribution in [2.45, 2.75) is 31.4 Å². The van der Waals surface area contributed by atoms with Crippen molar-refractivity contribution in [2.75, 3.05) is 13.2 Å². The monoisotopic (exact) mass is 331 g/mol. The summed E-state index contributed by atoms with van der Waals surface area (Å²) in [5.74, 6) is 0. The Labute approximate surface area is 137 Å². The molecule has 0 saturated carbocycles. The van der Waals surface area contributed by atoms with Crippen molar-refractivity contribution in [3.63, 3.8) is 0 Å². The van der Waals surface area contributed by atoms with Gasteiger partial charge in [-0.1, -0.05) is 36.4 Å². The Morgan fingerprint density at radius 3 is 2.65 bits per heavy atom. The van der Waals surface area contributed by atoms with Crippen LogP contribution in [0.3, 0.4) is 0 Å². The zero-order valence-electron chi connectivity index (χ0n) is 13.2. The van der Waals surface area contributed by atoms with Gasteiger partial charge < -0.3 is 4.74 Å². The Hall–Kier alpha value is -1.69. The van der Waals surface area contributed by atoms with Crippen LogP contribution in [0.4, 0.5) is 0 Å². The van der Waals surface area contributed by atoms with E-state index in [2.05, 4.69) is 6.07 Å². The predicted molar refractivity (Wildman–Crippen MR) is 89.5 cm³/mol. The number of hydrogen-bond donors (Lipinski definition) is 0. The number of hydrogen-bond acceptors (Lipinski definition) is 3. The van der Waals surface area contributed by atoms with Crippen molar-refractivity contribution in [1.82, 2.24) is 4.31 Å². The molecule has 0 atom stereocenters. The van der Waals surface area contributed by atoms with Gasteiger partial charge in [0, 0.05) is 19.7 Å². The Bertz CT molecular complexity index is 786. The van der Waals surface area contributed by atoms with Gasteiger partial charge in [-0.3, -0.25) is 0 Å². The molecule has 23 heavy (non-hydrogen) atoms. The van der Waals surface area contributed by atoms with E-state index in [9.17, 15) is 8.42 Å². The molecule has 0 unspecified atom stereocenters. The largest absolute Gasteiger partial charge is 0.377 e. The molecule has 0 bridgehead atoms. The normalized spacial score (nSPS) is 15.3. The number of rotatable bonds is 5. The molecule has 0 radical (unpaired) electrons. The minimum absolute atomic E-state index is 0.342. The molecule has 4 nitrogen and oxygen atoms in total. The third kappa shape index (κ3) is 3.47. The maximum atomic E-state index is 12.9. The molecule has 0 fully saturated rings. The number of fused-ring (bicyclic) bond motifs is 1. The molecule has 2 aromatic carbocycles. The third-order valence-corrected chi connectivity index (χ3v) is 5.95. The number of sulfonamides is 1. The van der Waals surface area contributed by atoms with Gasteiger partial charge in [-0.25, -0.2) is 8.42 Å². The Morgan fingerprint density at radius 1 is 1.09 bits per heavy atom. The molecule has 1 aliphatic heterocycles. The summed E-state index contributed by atoms with van der Waals surface area (Å²) >= 11 is 0. The van der Waals surface area contributed by atoms with Crippen molar-refractivity contribution < 1.29 is 13.2 Å². The van der Waals surface area contributed by atoms with Crippen LogP contribution in [0, 0.1) is 0 Å². The molecule has 1 aliphatic rings. The SMILES string of the molecule is CCOCc1cccc(S(=O)(=O)N2CCc3ccccc3C2)c1. The van der Waals surface area contributed by atoms with Crippen LogP contribution in [-0.2, 0) is 34.3 Å². The van der Waals surface area contributed by atoms with Crippen LogP contribution in [0.2, 0.25) is 0 Å². The molecule has 3 rings (SSSR count). The highest BCUT2D eigenvalue weighted by atomic mass is 32.2. The molecule has 0 N–H and O–H groups in total. The van der Waals surface area contributed by atoms with Crippen LogP contribution in [0.15, 0.2) is 53.4 Å². The standard InChI is InChI=1S/C18H21NO3S/c1-2-22-14-15-6-5-9-18(12-15)23(20,21)19-11-10-16-7-3-4-8-17(16)13-19/h3-9,12H,2,10-11,13-14H2,1H3. The summed E-state index contributed by atoms with van der Waals surface area (Å²) in [6.45, 7) is 3.93. The highest BCUT2D eigenvalue weighted by Crippen LogP contribution is 2.25. The van der Waals surface area contributed by atoms with Crippen LogP contribution in [-0.4, -0.2) is 25.9 Å². The van der Waals surface area contributed by atoms with Gasteiger partial charge in [0.2, 0.25) is 10.0 Å². The van der Waals surface area contributed by atoms with E-state index < -0.39 is 10.0 Å². The van der Waals surface area contributed by atoms with Gasteiger partial charge in [0.25, 0.3) is 0 Å². The van der Waals surface area contributed by atoms with Gasteiger partial charge >= 0.3 is 0 Å². The number of nitrogens with zero attached hydrogens (tertiary/aromatic N) is 1. The van der Waals surface area contributed by atoms with Gasteiger partial charge in [-0.2, -0.15) is 4.31 Å². The van der Waals surface area contributed by atoms with Gasteiger partial charge in [-0.05, 0) is 42.2 Å². The second-order valence-corrected chi connectivity index (χ2v) is 7.58. The first-order chi connectivity index (χ1) is 11.1. The predicted octanol–water partition coefficient (Wildman–Crippen LogP) is 2.97. The maximum absolute atomic E-state index is 12.9. The molecule has 0 aliphatic carbocycles. The number of ether oxygens (including phenoxy) is 1. The van der Waals surface area contributed by atoms with E-state index in [0.29, 0.717) is 31.2 Å². The van der Waals surface area contributed by atoms with Crippen LogP contribution in [0.25, 0.3) is 0 Å². The molecule has 5 heteroatoms. The lowest BCUT2D eigenvalue weighted by molar-refractivity contribution is 0.134. The van der Waals surface area contributed by atoms with Crippen LogP contribution in [0.5, 0.6) is 0 Å². The highest BCUT2D eigenvalue weighted by Gasteiger charge is 2.28. The first kappa shape index (κ1) is 16.2. The molecule has 0 saturated heterocycles. The first-order valence-corrected chi connectivity index (χ1v) is 9.29.